The Morgan fingerprint density at radius 3 is 2.19 bits per heavy atom. The van der Waals surface area contributed by atoms with Crippen LogP contribution in [0.1, 0.15) is 0 Å². The van der Waals surface area contributed by atoms with Crippen LogP contribution < -0.4 is 4.47 Å². The fourth-order valence-electron chi connectivity index (χ4n) is 2.81. The third kappa shape index (κ3) is 2.88. The predicted octanol–water partition coefficient (Wildman–Crippen LogP) is 5.15. The van der Waals surface area contributed by atoms with Gasteiger partial charge in [-0.3, -0.25) is 5.21 Å². The van der Waals surface area contributed by atoms with Crippen molar-refractivity contribution in [1.82, 2.24) is 0 Å². The van der Waals surface area contributed by atoms with Gasteiger partial charge in [-0.2, -0.15) is 8.42 Å². The van der Waals surface area contributed by atoms with E-state index in [1.54, 1.807) is 41.7 Å². The number of thiophene rings is 1. The number of anilines is 1. The predicted molar refractivity (Wildman–Crippen MR) is 105 cm³/mol. The fraction of sp³-hybridized carbons (Fsp3) is 0. The molecule has 4 aromatic rings. The standard InChI is InChI=1S/C20H15NO3S2/c22-21(26(23,24)17-9-5-2-6-10-17)16-11-12-20-18(13-16)19(14-25-20)15-7-3-1-4-8-15/h1-14,22H. The molecule has 0 fully saturated rings. The van der Waals surface area contributed by atoms with Crippen molar-refractivity contribution < 1.29 is 13.6 Å². The van der Waals surface area contributed by atoms with Gasteiger partial charge in [-0.05, 0) is 41.3 Å². The van der Waals surface area contributed by atoms with E-state index in [1.165, 1.54) is 12.1 Å². The lowest BCUT2D eigenvalue weighted by molar-refractivity contribution is 0.316. The van der Waals surface area contributed by atoms with Crippen LogP contribution in [0.4, 0.5) is 5.69 Å². The van der Waals surface area contributed by atoms with E-state index in [-0.39, 0.29) is 10.6 Å². The summed E-state index contributed by atoms with van der Waals surface area (Å²) in [4.78, 5) is 0.0381. The Labute approximate surface area is 155 Å². The monoisotopic (exact) mass is 381 g/mol. The lowest BCUT2D eigenvalue weighted by atomic mass is 10.0. The molecule has 0 bridgehead atoms. The topological polar surface area (TPSA) is 57.6 Å². The minimum absolute atomic E-state index is 0.0381. The number of hydrogen-bond donors (Lipinski definition) is 1. The van der Waals surface area contributed by atoms with E-state index in [0.717, 1.165) is 21.2 Å². The van der Waals surface area contributed by atoms with E-state index in [4.69, 9.17) is 0 Å². The molecule has 4 rings (SSSR count). The number of rotatable bonds is 4. The molecule has 3 aromatic carbocycles. The fourth-order valence-corrected chi connectivity index (χ4v) is 4.85. The first-order valence-corrected chi connectivity index (χ1v) is 10.3. The molecule has 0 aliphatic rings. The second-order valence-corrected chi connectivity index (χ2v) is 8.44. The van der Waals surface area contributed by atoms with Crippen molar-refractivity contribution in [3.63, 3.8) is 0 Å². The minimum Gasteiger partial charge on any atom is -0.274 e. The Kier molecular flexibility index (Phi) is 4.24. The highest BCUT2D eigenvalue weighted by molar-refractivity contribution is 7.92. The Morgan fingerprint density at radius 2 is 1.50 bits per heavy atom. The van der Waals surface area contributed by atoms with Gasteiger partial charge in [0.15, 0.2) is 0 Å². The molecule has 0 radical (unpaired) electrons. The molecule has 0 saturated heterocycles. The zero-order valence-electron chi connectivity index (χ0n) is 13.6. The first-order valence-electron chi connectivity index (χ1n) is 7.93. The van der Waals surface area contributed by atoms with Crippen LogP contribution in [0.15, 0.2) is 89.1 Å². The summed E-state index contributed by atoms with van der Waals surface area (Å²) >= 11 is 1.58. The normalized spacial score (nSPS) is 11.6. The second-order valence-electron chi connectivity index (χ2n) is 5.76. The van der Waals surface area contributed by atoms with E-state index in [0.29, 0.717) is 4.47 Å². The zero-order chi connectivity index (χ0) is 18.1. The van der Waals surface area contributed by atoms with E-state index in [2.05, 4.69) is 0 Å². The molecule has 0 spiro atoms. The number of benzene rings is 3. The number of sulfonamides is 1. The summed E-state index contributed by atoms with van der Waals surface area (Å²) in [5, 5.41) is 13.4. The van der Waals surface area contributed by atoms with Crippen LogP contribution in [-0.2, 0) is 10.0 Å². The summed E-state index contributed by atoms with van der Waals surface area (Å²) in [6.45, 7) is 0. The maximum absolute atomic E-state index is 12.6. The Balaban J connectivity index is 1.80. The van der Waals surface area contributed by atoms with Crippen LogP contribution in [0.3, 0.4) is 0 Å². The lowest BCUT2D eigenvalue weighted by Crippen LogP contribution is -2.27. The van der Waals surface area contributed by atoms with Gasteiger partial charge in [0.2, 0.25) is 0 Å². The van der Waals surface area contributed by atoms with Gasteiger partial charge in [0, 0.05) is 15.6 Å². The molecule has 0 aliphatic carbocycles. The average Bonchev–Trinajstić information content (AvgIpc) is 3.12. The molecule has 0 atom stereocenters. The van der Waals surface area contributed by atoms with Gasteiger partial charge in [0.25, 0.3) is 10.0 Å². The van der Waals surface area contributed by atoms with Gasteiger partial charge >= 0.3 is 0 Å². The van der Waals surface area contributed by atoms with Gasteiger partial charge in [-0.15, -0.1) is 15.8 Å². The quantitative estimate of drug-likeness (QED) is 0.497. The van der Waals surface area contributed by atoms with Crippen LogP contribution in [0.25, 0.3) is 21.2 Å². The molecular weight excluding hydrogens is 366 g/mol. The van der Waals surface area contributed by atoms with Crippen molar-refractivity contribution in [2.24, 2.45) is 0 Å². The third-order valence-corrected chi connectivity index (χ3v) is 6.63. The summed E-state index contributed by atoms with van der Waals surface area (Å²) in [6, 6.07) is 22.9. The molecule has 1 heterocycles. The summed E-state index contributed by atoms with van der Waals surface area (Å²) in [5.74, 6) is 0. The van der Waals surface area contributed by atoms with Crippen molar-refractivity contribution in [2.75, 3.05) is 4.47 Å². The molecule has 0 unspecified atom stereocenters. The minimum atomic E-state index is -4.03. The second kappa shape index (κ2) is 6.57. The summed E-state index contributed by atoms with van der Waals surface area (Å²) in [6.07, 6.45) is 0. The lowest BCUT2D eigenvalue weighted by Gasteiger charge is -2.17. The third-order valence-electron chi connectivity index (χ3n) is 4.13. The van der Waals surface area contributed by atoms with Crippen molar-refractivity contribution >= 4 is 37.1 Å². The molecule has 0 amide bonds. The van der Waals surface area contributed by atoms with Crippen molar-refractivity contribution in [2.45, 2.75) is 4.90 Å². The van der Waals surface area contributed by atoms with E-state index >= 15 is 0 Å². The Morgan fingerprint density at radius 1 is 0.846 bits per heavy atom. The zero-order valence-corrected chi connectivity index (χ0v) is 15.2. The van der Waals surface area contributed by atoms with Crippen molar-refractivity contribution in [1.29, 1.82) is 0 Å². The first-order chi connectivity index (χ1) is 12.6. The highest BCUT2D eigenvalue weighted by atomic mass is 32.2. The SMILES string of the molecule is O=S(=O)(c1ccccc1)N(O)c1ccc2scc(-c3ccccc3)c2c1. The highest BCUT2D eigenvalue weighted by Crippen LogP contribution is 2.36. The molecule has 1 N–H and O–H groups in total. The Bertz CT molecular complexity index is 1150. The highest BCUT2D eigenvalue weighted by Gasteiger charge is 2.23. The van der Waals surface area contributed by atoms with Crippen molar-refractivity contribution in [3.8, 4) is 11.1 Å². The molecule has 0 saturated carbocycles. The average molecular weight is 381 g/mol. The van der Waals surface area contributed by atoms with Gasteiger partial charge in [-0.25, -0.2) is 0 Å². The smallest absolute Gasteiger partial charge is 0.274 e. The molecular formula is C20H15NO3S2. The molecule has 0 aliphatic heterocycles. The number of hydrogen-bond acceptors (Lipinski definition) is 4. The molecule has 4 nitrogen and oxygen atoms in total. The number of fused-ring (bicyclic) bond motifs is 1. The van der Waals surface area contributed by atoms with Gasteiger partial charge in [-0.1, -0.05) is 48.5 Å². The van der Waals surface area contributed by atoms with E-state index < -0.39 is 10.0 Å². The van der Waals surface area contributed by atoms with Gasteiger partial charge in [0.05, 0.1) is 10.6 Å². The van der Waals surface area contributed by atoms with E-state index in [9.17, 15) is 13.6 Å². The molecule has 26 heavy (non-hydrogen) atoms. The summed E-state index contributed by atoms with van der Waals surface area (Å²) < 4.78 is 26.6. The molecule has 6 heteroatoms. The molecule has 130 valence electrons. The summed E-state index contributed by atoms with van der Waals surface area (Å²) in [7, 11) is -4.03. The maximum Gasteiger partial charge on any atom is 0.286 e. The van der Waals surface area contributed by atoms with Gasteiger partial charge < -0.3 is 0 Å². The van der Waals surface area contributed by atoms with Crippen LogP contribution in [0, 0.1) is 0 Å². The largest absolute Gasteiger partial charge is 0.286 e. The Hall–Kier alpha value is -2.67. The maximum atomic E-state index is 12.6. The van der Waals surface area contributed by atoms with Crippen LogP contribution >= 0.6 is 11.3 Å². The van der Waals surface area contributed by atoms with Crippen LogP contribution in [0.5, 0.6) is 0 Å². The van der Waals surface area contributed by atoms with E-state index in [1.807, 2.05) is 41.8 Å². The molecule has 1 aromatic heterocycles. The summed E-state index contributed by atoms with van der Waals surface area (Å²) in [5.41, 5.74) is 2.26. The van der Waals surface area contributed by atoms with Crippen LogP contribution in [-0.4, -0.2) is 13.6 Å². The van der Waals surface area contributed by atoms with Crippen LogP contribution in [0.2, 0.25) is 0 Å². The van der Waals surface area contributed by atoms with Gasteiger partial charge in [0.1, 0.15) is 0 Å². The van der Waals surface area contributed by atoms with Crippen molar-refractivity contribution in [3.05, 3.63) is 84.2 Å². The first kappa shape index (κ1) is 16.8. The number of nitrogens with zero attached hydrogens (tertiary/aromatic N) is 1.